The van der Waals surface area contributed by atoms with Crippen LogP contribution in [0.25, 0.3) is 0 Å². The lowest BCUT2D eigenvalue weighted by Gasteiger charge is -2.55. The molecule has 0 aromatic carbocycles. The molecule has 4 heteroatoms. The lowest BCUT2D eigenvalue weighted by atomic mass is 9.68. The quantitative estimate of drug-likeness (QED) is 0.588. The summed E-state index contributed by atoms with van der Waals surface area (Å²) in [5.74, 6) is 1.62. The Kier molecular flexibility index (Phi) is 3.67. The molecule has 0 unspecified atom stereocenters. The summed E-state index contributed by atoms with van der Waals surface area (Å²) in [7, 11) is 0. The molecule has 0 aromatic heterocycles. The molecular weight excluding hydrogens is 302 g/mol. The molecule has 3 nitrogen and oxygen atoms in total. The smallest absolute Gasteiger partial charge is 0.169 e. The molecular formula is C19H29N3S. The van der Waals surface area contributed by atoms with Gasteiger partial charge in [0.2, 0.25) is 0 Å². The fourth-order valence-electron chi connectivity index (χ4n) is 5.69. The second kappa shape index (κ2) is 5.73. The monoisotopic (exact) mass is 331 g/mol. The van der Waals surface area contributed by atoms with Gasteiger partial charge in [-0.3, -0.25) is 4.90 Å². The van der Waals surface area contributed by atoms with Gasteiger partial charge in [0.25, 0.3) is 0 Å². The summed E-state index contributed by atoms with van der Waals surface area (Å²) in [6, 6.07) is 2.12. The molecule has 5 aliphatic rings. The molecule has 3 heterocycles. The number of likely N-dealkylation sites (tertiary alicyclic amines) is 1. The van der Waals surface area contributed by atoms with Gasteiger partial charge < -0.3 is 10.2 Å². The van der Waals surface area contributed by atoms with Gasteiger partial charge in [-0.15, -0.1) is 0 Å². The van der Waals surface area contributed by atoms with Crippen LogP contribution in [0.5, 0.6) is 0 Å². The lowest BCUT2D eigenvalue weighted by molar-refractivity contribution is 0.0127. The minimum Gasteiger partial charge on any atom is -0.360 e. The van der Waals surface area contributed by atoms with Crippen molar-refractivity contribution >= 4 is 17.3 Å². The number of fused-ring (bicyclic) bond motifs is 6. The molecule has 126 valence electrons. The highest BCUT2D eigenvalue weighted by Crippen LogP contribution is 2.45. The predicted molar refractivity (Wildman–Crippen MR) is 97.4 cm³/mol. The van der Waals surface area contributed by atoms with Crippen LogP contribution in [0.2, 0.25) is 0 Å². The molecule has 2 aliphatic carbocycles. The Morgan fingerprint density at radius 3 is 2.91 bits per heavy atom. The van der Waals surface area contributed by atoms with Gasteiger partial charge in [-0.1, -0.05) is 18.1 Å². The number of nitrogens with one attached hydrogen (secondary N) is 1. The molecule has 3 saturated heterocycles. The van der Waals surface area contributed by atoms with Gasteiger partial charge in [-0.25, -0.2) is 0 Å². The highest BCUT2D eigenvalue weighted by Gasteiger charge is 2.46. The minimum absolute atomic E-state index is 0.599. The van der Waals surface area contributed by atoms with Crippen LogP contribution in [-0.2, 0) is 0 Å². The molecule has 4 atom stereocenters. The van der Waals surface area contributed by atoms with Gasteiger partial charge >= 0.3 is 0 Å². The Balaban J connectivity index is 1.41. The van der Waals surface area contributed by atoms with Crippen molar-refractivity contribution in [2.24, 2.45) is 11.8 Å². The normalized spacial score (nSPS) is 40.0. The molecule has 0 amide bonds. The van der Waals surface area contributed by atoms with Crippen LogP contribution < -0.4 is 5.32 Å². The van der Waals surface area contributed by atoms with Crippen LogP contribution in [0.3, 0.4) is 0 Å². The van der Waals surface area contributed by atoms with Gasteiger partial charge in [0.1, 0.15) is 0 Å². The fourth-order valence-corrected chi connectivity index (χ4v) is 6.06. The topological polar surface area (TPSA) is 18.5 Å². The van der Waals surface area contributed by atoms with Crippen LogP contribution >= 0.6 is 12.2 Å². The standard InChI is InChI=1S/C19H29N3S/c23-19(20-16-6-7-16)22-9-3-4-13-10-14-11-15(18(13)22)12-21-8-2-1-5-17(14)21/h10,14-18H,1-9,11-12H2,(H,20,23)/t14-,15-,17+,18+/m0/s1. The number of piperidine rings is 3. The predicted octanol–water partition coefficient (Wildman–Crippen LogP) is 2.92. The van der Waals surface area contributed by atoms with E-state index >= 15 is 0 Å². The van der Waals surface area contributed by atoms with Gasteiger partial charge in [-0.2, -0.15) is 0 Å². The van der Waals surface area contributed by atoms with E-state index in [0.717, 1.165) is 29.5 Å². The number of nitrogens with zero attached hydrogens (tertiary/aromatic N) is 2. The van der Waals surface area contributed by atoms with Gasteiger partial charge in [0.05, 0.1) is 6.04 Å². The zero-order valence-corrected chi connectivity index (χ0v) is 14.9. The number of thiocarbonyl (C=S) groups is 1. The van der Waals surface area contributed by atoms with Gasteiger partial charge in [0, 0.05) is 25.2 Å². The summed E-state index contributed by atoms with van der Waals surface area (Å²) in [5.41, 5.74) is 1.72. The summed E-state index contributed by atoms with van der Waals surface area (Å²) in [4.78, 5) is 5.38. The van der Waals surface area contributed by atoms with E-state index in [1.165, 1.54) is 64.5 Å². The van der Waals surface area contributed by atoms with E-state index in [2.05, 4.69) is 21.2 Å². The van der Waals surface area contributed by atoms with Crippen molar-refractivity contribution in [1.29, 1.82) is 0 Å². The summed E-state index contributed by atoms with van der Waals surface area (Å²) >= 11 is 5.80. The summed E-state index contributed by atoms with van der Waals surface area (Å²) in [5, 5.41) is 4.65. The third-order valence-corrected chi connectivity index (χ3v) is 7.18. The maximum Gasteiger partial charge on any atom is 0.169 e. The molecule has 23 heavy (non-hydrogen) atoms. The van der Waals surface area contributed by atoms with E-state index < -0.39 is 0 Å². The number of hydrogen-bond donors (Lipinski definition) is 1. The summed E-state index contributed by atoms with van der Waals surface area (Å²) in [6.45, 7) is 3.80. The van der Waals surface area contributed by atoms with Crippen LogP contribution in [0.1, 0.15) is 51.4 Å². The molecule has 0 aromatic rings. The third kappa shape index (κ3) is 2.62. The van der Waals surface area contributed by atoms with Crippen molar-refractivity contribution in [2.45, 2.75) is 69.5 Å². The number of hydrogen-bond acceptors (Lipinski definition) is 2. The van der Waals surface area contributed by atoms with Crippen molar-refractivity contribution in [3.05, 3.63) is 11.6 Å². The zero-order chi connectivity index (χ0) is 15.4. The second-order valence-corrected chi connectivity index (χ2v) is 8.81. The maximum atomic E-state index is 5.80. The average molecular weight is 332 g/mol. The SMILES string of the molecule is S=C(NC1CC1)N1CCCC2=C[C@H]3C[C@@H](CN4CCCC[C@H]34)[C@@H]21. The van der Waals surface area contributed by atoms with Crippen molar-refractivity contribution < 1.29 is 0 Å². The highest BCUT2D eigenvalue weighted by atomic mass is 32.1. The highest BCUT2D eigenvalue weighted by molar-refractivity contribution is 7.80. The van der Waals surface area contributed by atoms with Crippen LogP contribution in [-0.4, -0.2) is 52.7 Å². The van der Waals surface area contributed by atoms with Crippen molar-refractivity contribution in [1.82, 2.24) is 15.1 Å². The largest absolute Gasteiger partial charge is 0.360 e. The first-order chi connectivity index (χ1) is 11.3. The first kappa shape index (κ1) is 14.7. The lowest BCUT2D eigenvalue weighted by Crippen LogP contribution is -2.61. The Hall–Kier alpha value is -0.610. The fraction of sp³-hybridized carbons (Fsp3) is 0.842. The molecule has 3 aliphatic heterocycles. The molecule has 1 saturated carbocycles. The van der Waals surface area contributed by atoms with E-state index in [-0.39, 0.29) is 0 Å². The Bertz CT molecular complexity index is 527. The van der Waals surface area contributed by atoms with Crippen LogP contribution in [0, 0.1) is 11.8 Å². The minimum atomic E-state index is 0.599. The first-order valence-corrected chi connectivity index (χ1v) is 10.2. The first-order valence-electron chi connectivity index (χ1n) is 9.81. The maximum absolute atomic E-state index is 5.80. The Morgan fingerprint density at radius 2 is 2.04 bits per heavy atom. The molecule has 0 spiro atoms. The van der Waals surface area contributed by atoms with Crippen molar-refractivity contribution in [3.63, 3.8) is 0 Å². The van der Waals surface area contributed by atoms with Crippen molar-refractivity contribution in [2.75, 3.05) is 19.6 Å². The average Bonchev–Trinajstić information content (AvgIpc) is 3.38. The van der Waals surface area contributed by atoms with E-state index in [9.17, 15) is 0 Å². The molecule has 5 rings (SSSR count). The van der Waals surface area contributed by atoms with E-state index in [4.69, 9.17) is 12.2 Å². The third-order valence-electron chi connectivity index (χ3n) is 6.82. The molecule has 4 fully saturated rings. The van der Waals surface area contributed by atoms with Gasteiger partial charge in [-0.05, 0) is 75.5 Å². The van der Waals surface area contributed by atoms with E-state index in [1.807, 2.05) is 0 Å². The van der Waals surface area contributed by atoms with Crippen LogP contribution in [0.15, 0.2) is 11.6 Å². The molecule has 2 bridgehead atoms. The second-order valence-electron chi connectivity index (χ2n) is 8.42. The van der Waals surface area contributed by atoms with Gasteiger partial charge in [0.15, 0.2) is 5.11 Å². The molecule has 1 N–H and O–H groups in total. The number of rotatable bonds is 1. The zero-order valence-electron chi connectivity index (χ0n) is 14.0. The Morgan fingerprint density at radius 1 is 1.13 bits per heavy atom. The summed E-state index contributed by atoms with van der Waals surface area (Å²) < 4.78 is 0. The molecule has 0 radical (unpaired) electrons. The Labute approximate surface area is 145 Å². The van der Waals surface area contributed by atoms with E-state index in [0.29, 0.717) is 12.1 Å². The van der Waals surface area contributed by atoms with Crippen LogP contribution in [0.4, 0.5) is 0 Å². The van der Waals surface area contributed by atoms with Crippen molar-refractivity contribution in [3.8, 4) is 0 Å². The van der Waals surface area contributed by atoms with E-state index in [1.54, 1.807) is 5.57 Å². The summed E-state index contributed by atoms with van der Waals surface area (Å²) in [6.07, 6.45) is 13.6.